The normalized spacial score (nSPS) is 17.9. The molecule has 0 aliphatic rings. The number of rotatable bonds is 11. The van der Waals surface area contributed by atoms with Gasteiger partial charge in [-0.25, -0.2) is 0 Å². The second kappa shape index (κ2) is 9.40. The van der Waals surface area contributed by atoms with Crippen molar-refractivity contribution in [2.45, 2.75) is 71.7 Å². The Morgan fingerprint density at radius 3 is 0.756 bits per heavy atom. The molecular weight excluding hydrogens is 682 g/mol. The largest absolute Gasteiger partial charge is 0.460 e. The molecule has 0 amide bonds. The molecule has 0 saturated heterocycles. The van der Waals surface area contributed by atoms with Crippen LogP contribution in [0.15, 0.2) is 0 Å². The molecule has 0 aliphatic heterocycles. The highest BCUT2D eigenvalue weighted by molar-refractivity contribution is 5.77. The van der Waals surface area contributed by atoms with E-state index in [0.29, 0.717) is 0 Å². The van der Waals surface area contributed by atoms with E-state index in [1.807, 2.05) is 0 Å². The van der Waals surface area contributed by atoms with Crippen LogP contribution in [0.5, 0.6) is 0 Å². The molecule has 0 bridgehead atoms. The van der Waals surface area contributed by atoms with Crippen LogP contribution < -0.4 is 0 Å². The van der Waals surface area contributed by atoms with Crippen molar-refractivity contribution in [3.63, 3.8) is 0 Å². The van der Waals surface area contributed by atoms with E-state index in [0.717, 1.165) is 4.74 Å². The highest BCUT2D eigenvalue weighted by Gasteiger charge is 2.98. The van der Waals surface area contributed by atoms with Crippen LogP contribution in [0.4, 0.5) is 114 Å². The lowest BCUT2D eigenvalue weighted by Crippen LogP contribution is -2.77. The Labute approximate surface area is 203 Å². The van der Waals surface area contributed by atoms with Crippen molar-refractivity contribution in [2.24, 2.45) is 0 Å². The van der Waals surface area contributed by atoms with Gasteiger partial charge in [-0.15, -0.1) is 0 Å². The van der Waals surface area contributed by atoms with Crippen LogP contribution in [0.1, 0.15) is 0 Å². The molecule has 41 heavy (non-hydrogen) atoms. The molecule has 1 atom stereocenters. The average Bonchev–Trinajstić information content (AvgIpc) is 2.70. The summed E-state index contributed by atoms with van der Waals surface area (Å²) in [6.07, 6.45) is -24.6. The zero-order valence-electron chi connectivity index (χ0n) is 17.1. The Morgan fingerprint density at radius 2 is 0.561 bits per heavy atom. The zero-order chi connectivity index (χ0) is 34.3. The molecule has 0 aromatic heterocycles. The summed E-state index contributed by atoms with van der Waals surface area (Å²) >= 11 is 0. The second-order valence-corrected chi connectivity index (χ2v) is 7.08. The standard InChI is InChI=1S/C13F26O2/c14-1(40)2(15,11(32,33)34)41-13(38,39)10(30,31)8(26,27)6(22,23)4(18,19)3(16,17)5(20,21)7(24,25)9(28,29)12(35,36)37. The van der Waals surface area contributed by atoms with Gasteiger partial charge in [-0.1, -0.05) is 0 Å². The SMILES string of the molecule is O=C(F)C(F)(OC(F)(F)C(F)(F)C(F)(F)C(F)(F)C(F)(F)C(F)(F)C(F)(F)C(F)(F)C(F)(F)C(F)(F)F)C(F)(F)F. The van der Waals surface area contributed by atoms with Crippen molar-refractivity contribution in [1.29, 1.82) is 0 Å². The molecule has 0 aromatic rings. The van der Waals surface area contributed by atoms with Crippen molar-refractivity contribution in [3.05, 3.63) is 0 Å². The zero-order valence-corrected chi connectivity index (χ0v) is 17.1. The first-order chi connectivity index (χ1) is 17.2. The van der Waals surface area contributed by atoms with Gasteiger partial charge in [0.25, 0.3) is 0 Å². The third-order valence-corrected chi connectivity index (χ3v) is 4.37. The molecule has 0 spiro atoms. The number of hydrogen-bond acceptors (Lipinski definition) is 2. The average molecular weight is 682 g/mol. The summed E-state index contributed by atoms with van der Waals surface area (Å²) in [5.41, 5.74) is 0. The summed E-state index contributed by atoms with van der Waals surface area (Å²) in [5, 5.41) is 0. The number of hydrogen-bond donors (Lipinski definition) is 0. The Balaban J connectivity index is 7.24. The van der Waals surface area contributed by atoms with E-state index in [-0.39, 0.29) is 0 Å². The molecule has 2 nitrogen and oxygen atoms in total. The fraction of sp³-hybridized carbons (Fsp3) is 0.923. The third kappa shape index (κ3) is 4.87. The Bertz CT molecular complexity index is 984. The molecule has 0 aliphatic carbocycles. The molecule has 28 heteroatoms. The second-order valence-electron chi connectivity index (χ2n) is 7.08. The first-order valence-corrected chi connectivity index (χ1v) is 8.28. The molecule has 0 fully saturated rings. The maximum atomic E-state index is 13.5. The number of alkyl halides is 25. The Morgan fingerprint density at radius 1 is 0.341 bits per heavy atom. The maximum Gasteiger partial charge on any atom is 0.460 e. The van der Waals surface area contributed by atoms with Gasteiger partial charge in [0.2, 0.25) is 0 Å². The van der Waals surface area contributed by atoms with Gasteiger partial charge in [-0.3, -0.25) is 9.53 Å². The summed E-state index contributed by atoms with van der Waals surface area (Å²) in [5.74, 6) is -82.3. The summed E-state index contributed by atoms with van der Waals surface area (Å²) in [7, 11) is 0. The lowest BCUT2D eigenvalue weighted by molar-refractivity contribution is -0.499. The van der Waals surface area contributed by atoms with E-state index < -0.39 is 77.7 Å². The molecule has 1 unspecified atom stereocenters. The monoisotopic (exact) mass is 682 g/mol. The lowest BCUT2D eigenvalue weighted by Gasteiger charge is -2.44. The van der Waals surface area contributed by atoms with Crippen LogP contribution in [0.25, 0.3) is 0 Å². The minimum Gasteiger partial charge on any atom is -0.261 e. The van der Waals surface area contributed by atoms with Crippen LogP contribution in [-0.2, 0) is 9.53 Å². The molecule has 0 N–H and O–H groups in total. The van der Waals surface area contributed by atoms with Crippen molar-refractivity contribution < 1.29 is 124 Å². The van der Waals surface area contributed by atoms with Crippen LogP contribution in [0, 0.1) is 0 Å². The molecule has 0 radical (unpaired) electrons. The van der Waals surface area contributed by atoms with Gasteiger partial charge in [-0.2, -0.15) is 114 Å². The van der Waals surface area contributed by atoms with E-state index in [9.17, 15) is 119 Å². The Kier molecular flexibility index (Phi) is 8.90. The van der Waals surface area contributed by atoms with E-state index >= 15 is 0 Å². The fourth-order valence-electron chi connectivity index (χ4n) is 1.99. The number of ether oxygens (including phenoxy) is 1. The predicted molar refractivity (Wildman–Crippen MR) is 67.7 cm³/mol. The molecule has 0 saturated carbocycles. The van der Waals surface area contributed by atoms with Gasteiger partial charge in [0, 0.05) is 0 Å². The van der Waals surface area contributed by atoms with Crippen molar-refractivity contribution in [3.8, 4) is 0 Å². The van der Waals surface area contributed by atoms with Gasteiger partial charge in [0.05, 0.1) is 0 Å². The Hall–Kier alpha value is -2.19. The fourth-order valence-corrected chi connectivity index (χ4v) is 1.99. The predicted octanol–water partition coefficient (Wildman–Crippen LogP) is 7.96. The summed E-state index contributed by atoms with van der Waals surface area (Å²) in [4.78, 5) is 9.89. The first kappa shape index (κ1) is 38.8. The number of carbonyl (C=O) groups excluding carboxylic acids is 1. The highest BCUT2D eigenvalue weighted by Crippen LogP contribution is 2.66. The van der Waals surface area contributed by atoms with Crippen LogP contribution >= 0.6 is 0 Å². The third-order valence-electron chi connectivity index (χ3n) is 4.37. The van der Waals surface area contributed by atoms with E-state index in [2.05, 4.69) is 0 Å². The minimum atomic E-state index is -9.63. The highest BCUT2D eigenvalue weighted by atomic mass is 19.4. The molecule has 246 valence electrons. The van der Waals surface area contributed by atoms with Gasteiger partial charge in [-0.05, 0) is 0 Å². The van der Waals surface area contributed by atoms with Crippen LogP contribution in [-0.4, -0.2) is 77.7 Å². The van der Waals surface area contributed by atoms with Gasteiger partial charge in [0.1, 0.15) is 0 Å². The van der Waals surface area contributed by atoms with Crippen molar-refractivity contribution in [1.82, 2.24) is 0 Å². The molecule has 0 rings (SSSR count). The van der Waals surface area contributed by atoms with Gasteiger partial charge in [0.15, 0.2) is 0 Å². The van der Waals surface area contributed by atoms with E-state index in [4.69, 9.17) is 0 Å². The summed E-state index contributed by atoms with van der Waals surface area (Å²) < 4.78 is 337. The van der Waals surface area contributed by atoms with Gasteiger partial charge < -0.3 is 0 Å². The maximum absolute atomic E-state index is 13.5. The van der Waals surface area contributed by atoms with E-state index in [1.54, 1.807) is 0 Å². The molecule has 0 aromatic carbocycles. The lowest BCUT2D eigenvalue weighted by atomic mass is 9.87. The molecule has 0 heterocycles. The van der Waals surface area contributed by atoms with Crippen molar-refractivity contribution in [2.75, 3.05) is 0 Å². The van der Waals surface area contributed by atoms with Crippen molar-refractivity contribution >= 4 is 6.04 Å². The van der Waals surface area contributed by atoms with Crippen LogP contribution in [0.3, 0.4) is 0 Å². The summed E-state index contributed by atoms with van der Waals surface area (Å²) in [6.45, 7) is 0. The smallest absolute Gasteiger partial charge is 0.261 e. The first-order valence-electron chi connectivity index (χ1n) is 8.28. The van der Waals surface area contributed by atoms with Gasteiger partial charge >= 0.3 is 77.7 Å². The summed E-state index contributed by atoms with van der Waals surface area (Å²) in [6, 6.07) is -5.07. The topological polar surface area (TPSA) is 26.3 Å². The number of carbonyl (C=O) groups is 1. The molecular formula is C13F26O2. The number of halogens is 26. The van der Waals surface area contributed by atoms with Crippen LogP contribution in [0.2, 0.25) is 0 Å². The van der Waals surface area contributed by atoms with E-state index in [1.165, 1.54) is 0 Å². The quantitative estimate of drug-likeness (QED) is 0.163. The minimum absolute atomic E-state index is 1.06.